The van der Waals surface area contributed by atoms with Gasteiger partial charge in [-0.1, -0.05) is 46.4 Å². The molecule has 3 aromatic carbocycles. The third-order valence-electron chi connectivity index (χ3n) is 5.29. The average molecular weight is 635 g/mol. The number of imide groups is 2. The molecule has 1 aliphatic rings. The minimum Gasteiger partial charge on any atom is -0.447 e. The molecular formula is C24H10Cl4F3N3O6. The fraction of sp³-hybridized carbons (Fsp3) is 0.0417. The van der Waals surface area contributed by atoms with E-state index >= 15 is 0 Å². The van der Waals surface area contributed by atoms with E-state index < -0.39 is 51.5 Å². The summed E-state index contributed by atoms with van der Waals surface area (Å²) < 4.78 is 44.3. The molecule has 1 saturated heterocycles. The summed E-state index contributed by atoms with van der Waals surface area (Å²) in [6.07, 6.45) is -3.77. The maximum absolute atomic E-state index is 13.1. The van der Waals surface area contributed by atoms with Crippen molar-refractivity contribution in [1.29, 1.82) is 0 Å². The van der Waals surface area contributed by atoms with Crippen LogP contribution in [0.5, 0.6) is 11.5 Å². The van der Waals surface area contributed by atoms with Gasteiger partial charge in [-0.3, -0.25) is 25.0 Å². The first-order valence-electron chi connectivity index (χ1n) is 10.6. The Hall–Kier alpha value is -3.84. The van der Waals surface area contributed by atoms with Crippen LogP contribution < -0.4 is 15.0 Å². The van der Waals surface area contributed by atoms with Crippen LogP contribution in [-0.2, 0) is 15.8 Å². The van der Waals surface area contributed by atoms with Gasteiger partial charge in [-0.2, -0.15) is 13.2 Å². The van der Waals surface area contributed by atoms with Gasteiger partial charge in [0.15, 0.2) is 5.75 Å². The van der Waals surface area contributed by atoms with Gasteiger partial charge in [0.2, 0.25) is 5.75 Å². The Bertz CT molecular complexity index is 1620. The first kappa shape index (κ1) is 29.2. The van der Waals surface area contributed by atoms with Gasteiger partial charge >= 0.3 is 17.9 Å². The van der Waals surface area contributed by atoms with Gasteiger partial charge in [0, 0.05) is 6.07 Å². The van der Waals surface area contributed by atoms with Crippen LogP contribution in [0.2, 0.25) is 20.1 Å². The molecule has 0 unspecified atom stereocenters. The molecule has 0 aromatic heterocycles. The van der Waals surface area contributed by atoms with Gasteiger partial charge in [-0.05, 0) is 54.1 Å². The molecule has 9 nitrogen and oxygen atoms in total. The van der Waals surface area contributed by atoms with Gasteiger partial charge in [0.05, 0.1) is 36.3 Å². The van der Waals surface area contributed by atoms with Crippen molar-refractivity contribution in [3.05, 3.63) is 95.4 Å². The molecule has 0 atom stereocenters. The lowest BCUT2D eigenvalue weighted by atomic mass is 10.1. The Kier molecular flexibility index (Phi) is 7.99. The largest absolute Gasteiger partial charge is 0.447 e. The number of nitro groups is 1. The number of rotatable bonds is 5. The van der Waals surface area contributed by atoms with Crippen LogP contribution in [-0.4, -0.2) is 22.8 Å². The number of alkyl halides is 3. The Labute approximate surface area is 241 Å². The quantitative estimate of drug-likeness (QED) is 0.133. The van der Waals surface area contributed by atoms with E-state index in [1.165, 1.54) is 30.3 Å². The van der Waals surface area contributed by atoms with Crippen LogP contribution in [0.1, 0.15) is 11.1 Å². The summed E-state index contributed by atoms with van der Waals surface area (Å²) in [7, 11) is 0. The van der Waals surface area contributed by atoms with E-state index in [4.69, 9.17) is 51.1 Å². The molecule has 16 heteroatoms. The van der Waals surface area contributed by atoms with E-state index in [0.29, 0.717) is 17.0 Å². The number of carbonyl (C=O) groups is 3. The number of nitro benzene ring substituents is 1. The van der Waals surface area contributed by atoms with Crippen LogP contribution in [0.3, 0.4) is 0 Å². The number of hydrogen-bond donors (Lipinski definition) is 1. The van der Waals surface area contributed by atoms with Crippen LogP contribution in [0.4, 0.5) is 29.3 Å². The van der Waals surface area contributed by atoms with Crippen molar-refractivity contribution in [2.45, 2.75) is 6.18 Å². The lowest BCUT2D eigenvalue weighted by Crippen LogP contribution is -2.54. The number of halogens is 7. The van der Waals surface area contributed by atoms with E-state index in [2.05, 4.69) is 0 Å². The summed E-state index contributed by atoms with van der Waals surface area (Å²) in [6, 6.07) is 6.85. The van der Waals surface area contributed by atoms with Crippen molar-refractivity contribution in [3.63, 3.8) is 0 Å². The number of nitrogens with zero attached hydrogens (tertiary/aromatic N) is 2. The third-order valence-corrected chi connectivity index (χ3v) is 6.59. The Balaban J connectivity index is 1.69. The zero-order chi connectivity index (χ0) is 29.5. The van der Waals surface area contributed by atoms with E-state index in [1.54, 1.807) is 0 Å². The molecule has 40 heavy (non-hydrogen) atoms. The maximum Gasteiger partial charge on any atom is 0.416 e. The molecule has 1 fully saturated rings. The van der Waals surface area contributed by atoms with Crippen molar-refractivity contribution in [3.8, 4) is 11.5 Å². The molecule has 4 amide bonds. The fourth-order valence-corrected chi connectivity index (χ4v) is 4.35. The summed E-state index contributed by atoms with van der Waals surface area (Å²) in [5.74, 6) is -2.97. The first-order valence-corrected chi connectivity index (χ1v) is 12.1. The Morgan fingerprint density at radius 2 is 1.55 bits per heavy atom. The highest BCUT2D eigenvalue weighted by Gasteiger charge is 2.37. The van der Waals surface area contributed by atoms with E-state index in [1.807, 2.05) is 5.32 Å². The van der Waals surface area contributed by atoms with Gasteiger partial charge < -0.3 is 4.74 Å². The van der Waals surface area contributed by atoms with Gasteiger partial charge in [-0.25, -0.2) is 9.69 Å². The Morgan fingerprint density at radius 1 is 0.900 bits per heavy atom. The zero-order valence-electron chi connectivity index (χ0n) is 19.2. The molecule has 0 radical (unpaired) electrons. The number of barbiturate groups is 1. The molecule has 3 aromatic rings. The summed E-state index contributed by atoms with van der Waals surface area (Å²) in [4.78, 5) is 48.9. The van der Waals surface area contributed by atoms with E-state index in [0.717, 1.165) is 12.1 Å². The lowest BCUT2D eigenvalue weighted by Gasteiger charge is -2.26. The minimum atomic E-state index is -4.84. The summed E-state index contributed by atoms with van der Waals surface area (Å²) in [5.41, 5.74) is -2.66. The van der Waals surface area contributed by atoms with Gasteiger partial charge in [-0.15, -0.1) is 0 Å². The molecule has 0 saturated carbocycles. The molecule has 0 bridgehead atoms. The third kappa shape index (κ3) is 5.85. The molecule has 1 heterocycles. The normalized spacial score (nSPS) is 14.9. The SMILES string of the molecule is O=C1NC(=O)N(c2ccc(Cl)c(Cl)c2)C(=O)/C1=C/c1cc(Cl)c(Oc2ccc(C(F)(F)F)cc2[N+](=O)[O-])c(Cl)c1. The molecular weight excluding hydrogens is 625 g/mol. The van der Waals surface area contributed by atoms with Crippen molar-refractivity contribution >= 4 is 81.7 Å². The number of anilines is 1. The maximum atomic E-state index is 13.1. The second-order valence-corrected chi connectivity index (χ2v) is 9.54. The van der Waals surface area contributed by atoms with Crippen molar-refractivity contribution in [1.82, 2.24) is 5.32 Å². The lowest BCUT2D eigenvalue weighted by molar-refractivity contribution is -0.385. The number of amides is 4. The number of ether oxygens (including phenoxy) is 1. The first-order chi connectivity index (χ1) is 18.7. The predicted octanol–water partition coefficient (Wildman–Crippen LogP) is 7.69. The summed E-state index contributed by atoms with van der Waals surface area (Å²) >= 11 is 24.3. The number of carbonyl (C=O) groups excluding carboxylic acids is 3. The molecule has 0 spiro atoms. The summed E-state index contributed by atoms with van der Waals surface area (Å²) in [6.45, 7) is 0. The van der Waals surface area contributed by atoms with E-state index in [9.17, 15) is 37.7 Å². The number of benzene rings is 3. The standard InChI is InChI=1S/C24H10Cl4F3N3O6/c25-14-3-2-12(9-15(14)26)33-22(36)13(21(35)32-23(33)37)5-10-6-16(27)20(17(28)7-10)40-19-4-1-11(24(29,30)31)8-18(19)34(38)39/h1-9H,(H,32,35,37)/b13-5+. The molecule has 4 rings (SSSR count). The zero-order valence-corrected chi connectivity index (χ0v) is 22.2. The molecule has 0 aliphatic carbocycles. The fourth-order valence-electron chi connectivity index (χ4n) is 3.48. The number of urea groups is 1. The van der Waals surface area contributed by atoms with Crippen LogP contribution in [0.15, 0.2) is 54.1 Å². The topological polar surface area (TPSA) is 119 Å². The molecule has 1 N–H and O–H groups in total. The van der Waals surface area contributed by atoms with Gasteiger partial charge in [0.25, 0.3) is 11.8 Å². The smallest absolute Gasteiger partial charge is 0.416 e. The van der Waals surface area contributed by atoms with E-state index in [-0.39, 0.29) is 37.1 Å². The molecule has 206 valence electrons. The predicted molar refractivity (Wildman–Crippen MR) is 140 cm³/mol. The monoisotopic (exact) mass is 633 g/mol. The highest BCUT2D eigenvalue weighted by molar-refractivity contribution is 6.43. The van der Waals surface area contributed by atoms with Crippen LogP contribution in [0.25, 0.3) is 6.08 Å². The Morgan fingerprint density at radius 3 is 2.12 bits per heavy atom. The molecule has 1 aliphatic heterocycles. The van der Waals surface area contributed by atoms with Crippen molar-refractivity contribution in [2.24, 2.45) is 0 Å². The van der Waals surface area contributed by atoms with Crippen LogP contribution >= 0.6 is 46.4 Å². The number of hydrogen-bond acceptors (Lipinski definition) is 6. The van der Waals surface area contributed by atoms with Crippen LogP contribution in [0, 0.1) is 10.1 Å². The van der Waals surface area contributed by atoms with Crippen molar-refractivity contribution in [2.75, 3.05) is 4.90 Å². The highest BCUT2D eigenvalue weighted by atomic mass is 35.5. The van der Waals surface area contributed by atoms with Crippen molar-refractivity contribution < 1.29 is 37.2 Å². The average Bonchev–Trinajstić information content (AvgIpc) is 2.85. The van der Waals surface area contributed by atoms with Gasteiger partial charge in [0.1, 0.15) is 5.57 Å². The second-order valence-electron chi connectivity index (χ2n) is 7.91. The minimum absolute atomic E-state index is 0.0215. The second kappa shape index (κ2) is 11.0. The summed E-state index contributed by atoms with van der Waals surface area (Å²) in [5, 5.41) is 13.0. The highest BCUT2D eigenvalue weighted by Crippen LogP contribution is 2.42. The number of nitrogens with one attached hydrogen (secondary N) is 1.